The maximum atomic E-state index is 12.1. The van der Waals surface area contributed by atoms with E-state index in [0.717, 1.165) is 22.6 Å². The topological polar surface area (TPSA) is 93.8 Å². The Hall–Kier alpha value is -1.56. The van der Waals surface area contributed by atoms with E-state index in [9.17, 15) is 14.9 Å². The number of amides is 1. The van der Waals surface area contributed by atoms with Gasteiger partial charge in [0.15, 0.2) is 0 Å². The average molecular weight is 589 g/mol. The summed E-state index contributed by atoms with van der Waals surface area (Å²) in [7, 11) is 0. The van der Waals surface area contributed by atoms with Crippen molar-refractivity contribution >= 4 is 73.2 Å². The van der Waals surface area contributed by atoms with Crippen LogP contribution in [-0.2, 0) is 11.4 Å². The van der Waals surface area contributed by atoms with E-state index in [1.54, 1.807) is 18.3 Å². The first-order chi connectivity index (χ1) is 14.8. The number of nitro groups is 1. The van der Waals surface area contributed by atoms with Gasteiger partial charge < -0.3 is 4.74 Å². The van der Waals surface area contributed by atoms with Crippen molar-refractivity contribution < 1.29 is 14.5 Å². The zero-order chi connectivity index (χ0) is 22.4. The molecule has 1 heterocycles. The Morgan fingerprint density at radius 3 is 2.45 bits per heavy atom. The molecule has 0 radical (unpaired) electrons. The molecule has 1 saturated heterocycles. The van der Waals surface area contributed by atoms with Crippen LogP contribution in [0.25, 0.3) is 0 Å². The molecule has 164 valence electrons. The number of hydrogen-bond acceptors (Lipinski definition) is 7. The molecule has 31 heavy (non-hydrogen) atoms. The van der Waals surface area contributed by atoms with Gasteiger partial charge in [0.05, 0.1) is 30.6 Å². The van der Waals surface area contributed by atoms with Crippen molar-refractivity contribution in [1.82, 2.24) is 5.43 Å². The molecule has 11 heteroatoms. The first-order valence-corrected chi connectivity index (χ1v) is 12.8. The van der Waals surface area contributed by atoms with Crippen molar-refractivity contribution in [2.75, 3.05) is 11.5 Å². The molecule has 0 atom stereocenters. The summed E-state index contributed by atoms with van der Waals surface area (Å²) in [6.07, 6.45) is 1.99. The molecule has 0 aliphatic carbocycles. The number of carbonyl (C=O) groups excluding carboxylic acids is 1. The highest BCUT2D eigenvalue weighted by Crippen LogP contribution is 2.45. The van der Waals surface area contributed by atoms with E-state index in [0.29, 0.717) is 21.1 Å². The number of nitrogens with one attached hydrogen (secondary N) is 1. The number of benzene rings is 2. The molecule has 1 fully saturated rings. The van der Waals surface area contributed by atoms with Crippen LogP contribution < -0.4 is 10.2 Å². The maximum Gasteiger partial charge on any atom is 0.269 e. The van der Waals surface area contributed by atoms with Crippen molar-refractivity contribution in [2.24, 2.45) is 5.10 Å². The van der Waals surface area contributed by atoms with Gasteiger partial charge in [-0.05, 0) is 74.2 Å². The number of hydrazone groups is 1. The Balaban J connectivity index is 1.57. The average Bonchev–Trinajstić information content (AvgIpc) is 3.13. The lowest BCUT2D eigenvalue weighted by Gasteiger charge is -2.19. The third kappa shape index (κ3) is 6.96. The monoisotopic (exact) mass is 587 g/mol. The molecule has 7 nitrogen and oxygen atoms in total. The number of halogens is 2. The summed E-state index contributed by atoms with van der Waals surface area (Å²) in [5.41, 5.74) is 4.21. The number of rotatable bonds is 8. The van der Waals surface area contributed by atoms with E-state index in [1.165, 1.54) is 12.1 Å². The molecular weight excluding hydrogens is 570 g/mol. The highest BCUT2D eigenvalue weighted by atomic mass is 79.9. The van der Waals surface area contributed by atoms with Crippen LogP contribution in [0.3, 0.4) is 0 Å². The van der Waals surface area contributed by atoms with E-state index < -0.39 is 4.92 Å². The number of ether oxygens (including phenoxy) is 1. The first kappa shape index (κ1) is 24.1. The van der Waals surface area contributed by atoms with Crippen LogP contribution in [0.15, 0.2) is 50.4 Å². The molecule has 2 aromatic carbocycles. The molecule has 1 amide bonds. The molecule has 0 saturated carbocycles. The van der Waals surface area contributed by atoms with Gasteiger partial charge >= 0.3 is 0 Å². The summed E-state index contributed by atoms with van der Waals surface area (Å²) in [6, 6.07) is 9.87. The molecule has 1 N–H and O–H groups in total. The van der Waals surface area contributed by atoms with Gasteiger partial charge in [0.1, 0.15) is 12.4 Å². The standard InChI is InChI=1S/C20H19Br2N3O4S2/c1-20(30-6-7-31-20)10-18(26)24-23-11-14-8-16(21)19(17(22)9-14)29-12-13-2-4-15(5-3-13)25(27)28/h2-5,8-9,11H,6-7,10,12H2,1H3,(H,24,26)/b23-11-. The van der Waals surface area contributed by atoms with Gasteiger partial charge in [-0.3, -0.25) is 14.9 Å². The predicted octanol–water partition coefficient (Wildman–Crippen LogP) is 5.74. The summed E-state index contributed by atoms with van der Waals surface area (Å²) in [6.45, 7) is 2.34. The minimum atomic E-state index is -0.437. The number of nitrogens with zero attached hydrogens (tertiary/aromatic N) is 2. The van der Waals surface area contributed by atoms with Gasteiger partial charge in [-0.15, -0.1) is 23.5 Å². The molecule has 0 spiro atoms. The quantitative estimate of drug-likeness (QED) is 0.240. The van der Waals surface area contributed by atoms with Crippen LogP contribution >= 0.6 is 55.4 Å². The van der Waals surface area contributed by atoms with Crippen LogP contribution in [0.4, 0.5) is 5.69 Å². The van der Waals surface area contributed by atoms with Crippen LogP contribution in [0.1, 0.15) is 24.5 Å². The predicted molar refractivity (Wildman–Crippen MR) is 133 cm³/mol. The summed E-state index contributed by atoms with van der Waals surface area (Å²) < 4.78 is 7.20. The third-order valence-electron chi connectivity index (χ3n) is 4.33. The SMILES string of the molecule is CC1(CC(=O)N/N=C\c2cc(Br)c(OCc3ccc([N+](=O)[O-])cc3)c(Br)c2)SCCS1. The van der Waals surface area contributed by atoms with Crippen LogP contribution in [0.2, 0.25) is 0 Å². The minimum absolute atomic E-state index is 0.0386. The number of non-ortho nitro benzene ring substituents is 1. The lowest BCUT2D eigenvalue weighted by atomic mass is 10.2. The van der Waals surface area contributed by atoms with Crippen molar-refractivity contribution in [2.45, 2.75) is 24.0 Å². The van der Waals surface area contributed by atoms with E-state index in [1.807, 2.05) is 35.7 Å². The Labute approximate surface area is 205 Å². The van der Waals surface area contributed by atoms with Gasteiger partial charge in [0.25, 0.3) is 5.69 Å². The second-order valence-electron chi connectivity index (χ2n) is 6.83. The van der Waals surface area contributed by atoms with E-state index in [2.05, 4.69) is 49.3 Å². The zero-order valence-electron chi connectivity index (χ0n) is 16.5. The van der Waals surface area contributed by atoms with Gasteiger partial charge in [-0.2, -0.15) is 5.10 Å². The van der Waals surface area contributed by atoms with Crippen LogP contribution in [0, 0.1) is 10.1 Å². The van der Waals surface area contributed by atoms with Crippen LogP contribution in [-0.4, -0.2) is 32.6 Å². The fraction of sp³-hybridized carbons (Fsp3) is 0.300. The fourth-order valence-electron chi connectivity index (χ4n) is 2.83. The highest BCUT2D eigenvalue weighted by molar-refractivity contribution is 9.11. The number of carbonyl (C=O) groups is 1. The summed E-state index contributed by atoms with van der Waals surface area (Å²) in [5, 5.41) is 14.8. The number of hydrogen-bond donors (Lipinski definition) is 1. The van der Waals surface area contributed by atoms with E-state index in [-0.39, 0.29) is 22.3 Å². The Kier molecular flexibility index (Phi) is 8.43. The summed E-state index contributed by atoms with van der Waals surface area (Å²) in [5.74, 6) is 2.63. The largest absolute Gasteiger partial charge is 0.487 e. The lowest BCUT2D eigenvalue weighted by Crippen LogP contribution is -2.26. The molecule has 3 rings (SSSR count). The Morgan fingerprint density at radius 1 is 1.26 bits per heavy atom. The Bertz CT molecular complexity index is 973. The van der Waals surface area contributed by atoms with E-state index >= 15 is 0 Å². The second-order valence-corrected chi connectivity index (χ2v) is 12.0. The number of thioether (sulfide) groups is 2. The van der Waals surface area contributed by atoms with Crippen LogP contribution in [0.5, 0.6) is 5.75 Å². The second kappa shape index (κ2) is 10.8. The Morgan fingerprint density at radius 2 is 1.87 bits per heavy atom. The normalized spacial score (nSPS) is 15.2. The first-order valence-electron chi connectivity index (χ1n) is 9.21. The molecule has 1 aliphatic heterocycles. The lowest BCUT2D eigenvalue weighted by molar-refractivity contribution is -0.384. The molecule has 2 aromatic rings. The molecule has 0 unspecified atom stereocenters. The molecule has 1 aliphatic rings. The van der Waals surface area contributed by atoms with Crippen molar-refractivity contribution in [3.63, 3.8) is 0 Å². The van der Waals surface area contributed by atoms with Gasteiger partial charge in [-0.25, -0.2) is 5.43 Å². The molecular formula is C20H19Br2N3O4S2. The fourth-order valence-corrected chi connectivity index (χ4v) is 7.11. The maximum absolute atomic E-state index is 12.1. The van der Waals surface area contributed by atoms with E-state index in [4.69, 9.17) is 4.74 Å². The summed E-state index contributed by atoms with van der Waals surface area (Å²) >= 11 is 10.6. The molecule has 0 aromatic heterocycles. The van der Waals surface area contributed by atoms with Crippen molar-refractivity contribution in [3.8, 4) is 5.75 Å². The van der Waals surface area contributed by atoms with Crippen molar-refractivity contribution in [3.05, 3.63) is 66.6 Å². The smallest absolute Gasteiger partial charge is 0.269 e. The van der Waals surface area contributed by atoms with Gasteiger partial charge in [-0.1, -0.05) is 0 Å². The van der Waals surface area contributed by atoms with Gasteiger partial charge in [0.2, 0.25) is 5.91 Å². The molecule has 0 bridgehead atoms. The third-order valence-corrected chi connectivity index (χ3v) is 8.80. The number of nitro benzene ring substituents is 1. The summed E-state index contributed by atoms with van der Waals surface area (Å²) in [4.78, 5) is 22.4. The zero-order valence-corrected chi connectivity index (χ0v) is 21.3. The highest BCUT2D eigenvalue weighted by Gasteiger charge is 2.32. The van der Waals surface area contributed by atoms with Gasteiger partial charge in [0, 0.05) is 23.6 Å². The van der Waals surface area contributed by atoms with Crippen molar-refractivity contribution in [1.29, 1.82) is 0 Å². The minimum Gasteiger partial charge on any atom is -0.487 e.